The van der Waals surface area contributed by atoms with Crippen molar-refractivity contribution in [2.75, 3.05) is 6.61 Å². The van der Waals surface area contributed by atoms with Crippen molar-refractivity contribution < 1.29 is 47.6 Å². The summed E-state index contributed by atoms with van der Waals surface area (Å²) in [4.78, 5) is 50.7. The summed E-state index contributed by atoms with van der Waals surface area (Å²) in [7, 11) is -10.5. The minimum Gasteiger partial charge on any atom is -0.387 e. The maximum absolute atomic E-state index is 11.7. The van der Waals surface area contributed by atoms with Crippen molar-refractivity contribution in [1.29, 1.82) is 0 Å². The predicted octanol–water partition coefficient (Wildman–Crippen LogP) is -2.62. The minimum atomic E-state index is -5.32. The van der Waals surface area contributed by atoms with Crippen LogP contribution in [-0.2, 0) is 22.7 Å². The van der Waals surface area contributed by atoms with E-state index in [9.17, 15) is 28.9 Å². The minimum absolute atomic E-state index is 0.704. The molecule has 1 saturated heterocycles. The highest BCUT2D eigenvalue weighted by molar-refractivity contribution is 7.60. The molecule has 5 atom stereocenters. The third-order valence-corrected chi connectivity index (χ3v) is 5.23. The molecule has 6 N–H and O–H groups in total. The molecule has 0 bridgehead atoms. The van der Waals surface area contributed by atoms with E-state index in [0.29, 0.717) is 0 Å². The Balaban J connectivity index is 2.09. The average molecular weight is 407 g/mol. The van der Waals surface area contributed by atoms with Crippen LogP contribution in [0, 0.1) is 0 Å². The molecule has 1 aliphatic heterocycles. The predicted molar refractivity (Wildman–Crippen MR) is 76.2 cm³/mol. The standard InChI is InChI=1S/C9H14N2O12P2/c12-5-1-2-11(9(15)10-5)8-7(14)6(13)4(22-8)3-21-25(19,20)23-24(16,17)18/h1-2,4,6-8,13-14H,3H2,(H,19,20)(H,10,12,15)(H2,16,17,18)/t4-,6-,7-,8-/m1/s1/i9+1,10+1,11+1. The maximum atomic E-state index is 11.7. The van der Waals surface area contributed by atoms with Crippen molar-refractivity contribution in [2.24, 2.45) is 0 Å². The van der Waals surface area contributed by atoms with E-state index in [1.54, 1.807) is 0 Å². The molecular weight excluding hydrogens is 393 g/mol. The molecule has 1 fully saturated rings. The molecule has 16 heteroatoms. The van der Waals surface area contributed by atoms with Gasteiger partial charge in [0.1, 0.15) is 18.3 Å². The van der Waals surface area contributed by atoms with Gasteiger partial charge < -0.3 is 29.6 Å². The van der Waals surface area contributed by atoms with E-state index in [-0.39, 0.29) is 0 Å². The molecule has 0 saturated carbocycles. The number of hydrogen-bond acceptors (Lipinski definition) is 9. The fourth-order valence-electron chi connectivity index (χ4n) is 2.05. The molecule has 1 aromatic heterocycles. The topological polar surface area (TPSA) is 218 Å². The highest BCUT2D eigenvalue weighted by Gasteiger charge is 2.45. The Bertz CT molecular complexity index is 828. The summed E-state index contributed by atoms with van der Waals surface area (Å²) in [5.74, 6) is 0. The number of nitrogens with zero attached hydrogens (tertiary/aromatic N) is 1. The van der Waals surface area contributed by atoms with Gasteiger partial charge in [-0.25, -0.2) is 13.9 Å². The number of phosphoric ester groups is 1. The summed E-state index contributed by atoms with van der Waals surface area (Å²) in [6.45, 7) is -0.902. The number of phosphoric acid groups is 2. The zero-order valence-electron chi connectivity index (χ0n) is 12.1. The van der Waals surface area contributed by atoms with Crippen LogP contribution in [0.2, 0.25) is 0 Å². The molecule has 0 spiro atoms. The Kier molecular flexibility index (Phi) is 5.81. The van der Waals surface area contributed by atoms with Crippen LogP contribution in [0.1, 0.15) is 6.23 Å². The van der Waals surface area contributed by atoms with Gasteiger partial charge in [-0.2, -0.15) is 4.31 Å². The summed E-state index contributed by atoms with van der Waals surface area (Å²) in [5, 5.41) is 19.8. The van der Waals surface area contributed by atoms with E-state index in [4.69, 9.17) is 19.4 Å². The number of aliphatic hydroxyl groups is 2. The van der Waals surface area contributed by atoms with Gasteiger partial charge in [0.25, 0.3) is 5.56 Å². The van der Waals surface area contributed by atoms with Crippen LogP contribution in [0.4, 0.5) is 0 Å². The van der Waals surface area contributed by atoms with Crippen LogP contribution >= 0.6 is 15.6 Å². The van der Waals surface area contributed by atoms with Crippen molar-refractivity contribution in [3.63, 3.8) is 0 Å². The number of aromatic nitrogens is 2. The first-order valence-corrected chi connectivity index (χ1v) is 9.49. The van der Waals surface area contributed by atoms with Crippen molar-refractivity contribution in [1.82, 2.24) is 9.55 Å². The highest BCUT2D eigenvalue weighted by atomic mass is 31.3. The number of H-pyrrole nitrogens is 1. The smallest absolute Gasteiger partial charge is 0.387 e. The number of nitrogens with one attached hydrogen (secondary N) is 1. The van der Waals surface area contributed by atoms with E-state index in [0.717, 1.165) is 16.8 Å². The molecular formula is C9H14N2O12P2. The van der Waals surface area contributed by atoms with Crippen LogP contribution in [0.5, 0.6) is 0 Å². The van der Waals surface area contributed by atoms with Crippen molar-refractivity contribution in [2.45, 2.75) is 24.5 Å². The highest BCUT2D eigenvalue weighted by Crippen LogP contribution is 2.57. The van der Waals surface area contributed by atoms with Gasteiger partial charge in [0.05, 0.1) is 6.61 Å². The number of ether oxygens (including phenoxy) is 1. The Morgan fingerprint density at radius 2 is 1.84 bits per heavy atom. The fraction of sp³-hybridized carbons (Fsp3) is 0.556. The molecule has 1 aliphatic rings. The van der Waals surface area contributed by atoms with E-state index >= 15 is 0 Å². The van der Waals surface area contributed by atoms with Gasteiger partial charge >= 0.3 is 21.3 Å². The second-order valence-corrected chi connectivity index (χ2v) is 7.73. The molecule has 0 aliphatic carbocycles. The summed E-state index contributed by atoms with van der Waals surface area (Å²) in [6, 6.07) is 0.962. The third-order valence-electron chi connectivity index (χ3n) is 3.07. The summed E-state index contributed by atoms with van der Waals surface area (Å²) in [5.41, 5.74) is -1.65. The summed E-state index contributed by atoms with van der Waals surface area (Å²) < 4.78 is 35.6. The van der Waals surface area contributed by atoms with Crippen LogP contribution in [0.3, 0.4) is 0 Å². The van der Waals surface area contributed by atoms with Crippen LogP contribution in [0.25, 0.3) is 0 Å². The zero-order valence-corrected chi connectivity index (χ0v) is 13.9. The van der Waals surface area contributed by atoms with E-state index in [1.807, 2.05) is 4.98 Å². The number of aromatic amines is 1. The second-order valence-electron chi connectivity index (χ2n) is 4.90. The summed E-state index contributed by atoms with van der Waals surface area (Å²) in [6.07, 6.45) is -5.25. The Morgan fingerprint density at radius 1 is 1.20 bits per heavy atom. The number of hydrogen-bond donors (Lipinski definition) is 6. The number of rotatable bonds is 6. The van der Waals surface area contributed by atoms with Gasteiger partial charge in [0.2, 0.25) is 0 Å². The van der Waals surface area contributed by atoms with E-state index in [1.165, 1.54) is 0 Å². The number of aliphatic hydroxyl groups excluding tert-OH is 2. The van der Waals surface area contributed by atoms with Crippen LogP contribution < -0.4 is 11.2 Å². The summed E-state index contributed by atoms with van der Waals surface area (Å²) >= 11 is 0. The lowest BCUT2D eigenvalue weighted by atomic mass is 10.1. The molecule has 0 radical (unpaired) electrons. The van der Waals surface area contributed by atoms with Gasteiger partial charge in [-0.05, 0) is 0 Å². The molecule has 142 valence electrons. The second kappa shape index (κ2) is 7.21. The normalized spacial score (nSPS) is 29.5. The molecule has 0 amide bonds. The Morgan fingerprint density at radius 3 is 2.40 bits per heavy atom. The first kappa shape index (κ1) is 20.1. The van der Waals surface area contributed by atoms with Crippen LogP contribution in [0.15, 0.2) is 21.9 Å². The van der Waals surface area contributed by atoms with E-state index in [2.05, 4.69) is 8.83 Å². The maximum Gasteiger partial charge on any atom is 0.481 e. The monoisotopic (exact) mass is 407 g/mol. The van der Waals surface area contributed by atoms with Gasteiger partial charge in [-0.15, -0.1) is 0 Å². The fourth-order valence-corrected chi connectivity index (χ4v) is 3.65. The zero-order chi connectivity index (χ0) is 19.0. The molecule has 25 heavy (non-hydrogen) atoms. The van der Waals surface area contributed by atoms with Crippen molar-refractivity contribution >= 4 is 15.6 Å². The van der Waals surface area contributed by atoms with Gasteiger partial charge in [-0.3, -0.25) is 18.9 Å². The molecule has 1 unspecified atom stereocenters. The average Bonchev–Trinajstić information content (AvgIpc) is 2.71. The Hall–Kier alpha value is -1.18. The molecule has 14 nitrogen and oxygen atoms in total. The molecule has 0 aromatic carbocycles. The van der Waals surface area contributed by atoms with Crippen LogP contribution in [-0.4, -0.2) is 59.4 Å². The third kappa shape index (κ3) is 5.15. The quantitative estimate of drug-likeness (QED) is 0.267. The lowest BCUT2D eigenvalue weighted by Gasteiger charge is -2.17. The molecule has 2 heterocycles. The lowest BCUT2D eigenvalue weighted by molar-refractivity contribution is -0.0542. The largest absolute Gasteiger partial charge is 0.481 e. The van der Waals surface area contributed by atoms with Gasteiger partial charge in [0, 0.05) is 12.3 Å². The lowest BCUT2D eigenvalue weighted by Crippen LogP contribution is -2.37. The SMILES string of the molecule is O=c1cc[15n]([C@@H]2O[C@H](COP(=O)(O)OP(=O)(O)O)[C@@H](O)[C@H]2O)[13c](=O)[15nH]1. The van der Waals surface area contributed by atoms with E-state index < -0.39 is 58.0 Å². The van der Waals surface area contributed by atoms with Crippen molar-refractivity contribution in [3.05, 3.63) is 33.1 Å². The first-order valence-electron chi connectivity index (χ1n) is 6.47. The Labute approximate surface area is 138 Å². The van der Waals surface area contributed by atoms with Crippen molar-refractivity contribution in [3.8, 4) is 0 Å². The van der Waals surface area contributed by atoms with Gasteiger partial charge in [-0.1, -0.05) is 0 Å². The van der Waals surface area contributed by atoms with Gasteiger partial charge in [0.15, 0.2) is 6.23 Å². The molecule has 1 aromatic rings. The molecule has 2 rings (SSSR count). The first-order chi connectivity index (χ1) is 11.4.